The molecule has 2 aliphatic heterocycles. The molecule has 2 aromatic carbocycles. The minimum Gasteiger partial charge on any atom is -0.484 e. The minimum atomic E-state index is -0.575. The lowest BCUT2D eigenvalue weighted by atomic mass is 9.81. The molecular formula is C24H24N4O4. The summed E-state index contributed by atoms with van der Waals surface area (Å²) in [5, 5.41) is 3.97. The number of nitrogens with zero attached hydrogens (tertiary/aromatic N) is 4. The van der Waals surface area contributed by atoms with Crippen molar-refractivity contribution in [1.29, 1.82) is 0 Å². The molecule has 2 atom stereocenters. The van der Waals surface area contributed by atoms with Crippen molar-refractivity contribution >= 4 is 11.8 Å². The van der Waals surface area contributed by atoms with E-state index in [1.54, 1.807) is 11.8 Å². The summed E-state index contributed by atoms with van der Waals surface area (Å²) < 4.78 is 11.2. The first-order valence-corrected chi connectivity index (χ1v) is 10.7. The van der Waals surface area contributed by atoms with Gasteiger partial charge in [0.25, 0.3) is 11.8 Å². The lowest BCUT2D eigenvalue weighted by Crippen LogP contribution is -2.42. The van der Waals surface area contributed by atoms with E-state index in [-0.39, 0.29) is 24.3 Å². The zero-order chi connectivity index (χ0) is 22.1. The van der Waals surface area contributed by atoms with Crippen LogP contribution in [0.15, 0.2) is 65.2 Å². The van der Waals surface area contributed by atoms with Crippen LogP contribution in [-0.4, -0.2) is 64.5 Å². The summed E-state index contributed by atoms with van der Waals surface area (Å²) in [6.07, 6.45) is 0. The maximum Gasteiger partial charge on any atom is 0.260 e. The average molecular weight is 432 g/mol. The molecule has 32 heavy (non-hydrogen) atoms. The average Bonchev–Trinajstić information content (AvgIpc) is 3.51. The van der Waals surface area contributed by atoms with Crippen LogP contribution in [-0.2, 0) is 10.2 Å². The standard InChI is InChI=1S/C24H24N4O4/c1-17-25-23(32-26-17)24-15-27(21(29)14-31-20-10-6-3-7-11-20)12-19(24)13-28(16-24)22(30)18-8-4-2-5-9-18/h2-11,19H,12-16H2,1H3/t19-,24-/m0/s1. The molecule has 8 heteroatoms. The number of carbonyl (C=O) groups is 2. The Balaban J connectivity index is 1.35. The van der Waals surface area contributed by atoms with Gasteiger partial charge in [-0.2, -0.15) is 4.98 Å². The van der Waals surface area contributed by atoms with E-state index < -0.39 is 5.41 Å². The van der Waals surface area contributed by atoms with Gasteiger partial charge in [0.05, 0.1) is 5.41 Å². The zero-order valence-corrected chi connectivity index (χ0v) is 17.8. The van der Waals surface area contributed by atoms with Gasteiger partial charge >= 0.3 is 0 Å². The first kappa shape index (κ1) is 20.2. The van der Waals surface area contributed by atoms with Crippen molar-refractivity contribution in [3.8, 4) is 5.75 Å². The van der Waals surface area contributed by atoms with E-state index in [2.05, 4.69) is 10.1 Å². The van der Waals surface area contributed by atoms with E-state index >= 15 is 0 Å². The number of benzene rings is 2. The predicted molar refractivity (Wildman–Crippen MR) is 115 cm³/mol. The van der Waals surface area contributed by atoms with E-state index in [4.69, 9.17) is 9.26 Å². The lowest BCUT2D eigenvalue weighted by molar-refractivity contribution is -0.132. The summed E-state index contributed by atoms with van der Waals surface area (Å²) in [5.41, 5.74) is 0.0715. The molecule has 5 rings (SSSR count). The fraction of sp³-hybridized carbons (Fsp3) is 0.333. The molecule has 0 spiro atoms. The number of amides is 2. The highest BCUT2D eigenvalue weighted by Gasteiger charge is 2.58. The summed E-state index contributed by atoms with van der Waals surface area (Å²) in [5.74, 6) is 1.57. The number of aryl methyl sites for hydroxylation is 1. The summed E-state index contributed by atoms with van der Waals surface area (Å²) in [6, 6.07) is 18.5. The lowest BCUT2D eigenvalue weighted by Gasteiger charge is -2.26. The Morgan fingerprint density at radius 2 is 1.69 bits per heavy atom. The van der Waals surface area contributed by atoms with Crippen molar-refractivity contribution in [2.45, 2.75) is 12.3 Å². The molecule has 3 aromatic rings. The third-order valence-corrected chi connectivity index (χ3v) is 6.33. The molecule has 2 amide bonds. The highest BCUT2D eigenvalue weighted by molar-refractivity contribution is 5.94. The molecule has 0 radical (unpaired) electrons. The summed E-state index contributed by atoms with van der Waals surface area (Å²) >= 11 is 0. The van der Waals surface area contributed by atoms with Crippen molar-refractivity contribution in [3.05, 3.63) is 77.9 Å². The number of ether oxygens (including phenoxy) is 1. The van der Waals surface area contributed by atoms with Crippen molar-refractivity contribution in [3.63, 3.8) is 0 Å². The van der Waals surface area contributed by atoms with E-state index in [0.29, 0.717) is 49.2 Å². The van der Waals surface area contributed by atoms with E-state index in [1.165, 1.54) is 0 Å². The zero-order valence-electron chi connectivity index (χ0n) is 17.8. The van der Waals surface area contributed by atoms with E-state index in [0.717, 1.165) is 0 Å². The van der Waals surface area contributed by atoms with Gasteiger partial charge in [0.2, 0.25) is 5.89 Å². The first-order chi connectivity index (χ1) is 15.5. The Morgan fingerprint density at radius 3 is 2.38 bits per heavy atom. The van der Waals surface area contributed by atoms with Crippen molar-refractivity contribution in [2.24, 2.45) is 5.92 Å². The van der Waals surface area contributed by atoms with Gasteiger partial charge in [-0.3, -0.25) is 9.59 Å². The topological polar surface area (TPSA) is 88.8 Å². The smallest absolute Gasteiger partial charge is 0.260 e. The Hall–Kier alpha value is -3.68. The van der Waals surface area contributed by atoms with Crippen LogP contribution in [0.25, 0.3) is 0 Å². The van der Waals surface area contributed by atoms with Crippen LogP contribution in [0.4, 0.5) is 0 Å². The van der Waals surface area contributed by atoms with E-state index in [1.807, 2.05) is 65.6 Å². The third-order valence-electron chi connectivity index (χ3n) is 6.33. The fourth-order valence-corrected chi connectivity index (χ4v) is 4.73. The van der Waals surface area contributed by atoms with Crippen LogP contribution in [0.1, 0.15) is 22.1 Å². The second-order valence-corrected chi connectivity index (χ2v) is 8.43. The first-order valence-electron chi connectivity index (χ1n) is 10.7. The van der Waals surface area contributed by atoms with Crippen LogP contribution in [0.3, 0.4) is 0 Å². The number of carbonyl (C=O) groups excluding carboxylic acids is 2. The quantitative estimate of drug-likeness (QED) is 0.615. The Kier molecular flexibility index (Phi) is 5.13. The molecule has 2 aliphatic rings. The van der Waals surface area contributed by atoms with Crippen molar-refractivity contribution < 1.29 is 18.8 Å². The molecule has 8 nitrogen and oxygen atoms in total. The summed E-state index contributed by atoms with van der Waals surface area (Å²) in [4.78, 5) is 34.1. The third kappa shape index (κ3) is 3.62. The second-order valence-electron chi connectivity index (χ2n) is 8.43. The molecule has 0 saturated carbocycles. The Morgan fingerprint density at radius 1 is 1.03 bits per heavy atom. The van der Waals surface area contributed by atoms with Gasteiger partial charge in [0.1, 0.15) is 5.75 Å². The molecule has 164 valence electrons. The van der Waals surface area contributed by atoms with E-state index in [9.17, 15) is 9.59 Å². The SMILES string of the molecule is Cc1noc([C@]23CN(C(=O)COc4ccccc4)C[C@H]2CN(C(=O)c2ccccc2)C3)n1. The molecular weight excluding hydrogens is 408 g/mol. The van der Waals surface area contributed by atoms with Crippen LogP contribution in [0.5, 0.6) is 5.75 Å². The maximum absolute atomic E-state index is 13.1. The number of hydrogen-bond acceptors (Lipinski definition) is 6. The maximum atomic E-state index is 13.1. The number of para-hydroxylation sites is 1. The van der Waals surface area contributed by atoms with Crippen LogP contribution in [0, 0.1) is 12.8 Å². The number of rotatable bonds is 5. The molecule has 1 aromatic heterocycles. The van der Waals surface area contributed by atoms with Crippen LogP contribution in [0.2, 0.25) is 0 Å². The number of likely N-dealkylation sites (tertiary alicyclic amines) is 2. The van der Waals surface area contributed by atoms with Gasteiger partial charge < -0.3 is 19.1 Å². The normalized spacial score (nSPS) is 22.1. The Labute approximate surface area is 185 Å². The number of aromatic nitrogens is 2. The van der Waals surface area contributed by atoms with Gasteiger partial charge in [-0.25, -0.2) is 0 Å². The van der Waals surface area contributed by atoms with Gasteiger partial charge in [-0.15, -0.1) is 0 Å². The Bertz CT molecular complexity index is 1120. The monoisotopic (exact) mass is 432 g/mol. The van der Waals surface area contributed by atoms with Gasteiger partial charge in [0.15, 0.2) is 12.4 Å². The highest BCUT2D eigenvalue weighted by Crippen LogP contribution is 2.44. The number of fused-ring (bicyclic) bond motifs is 1. The van der Waals surface area contributed by atoms with Gasteiger partial charge in [0, 0.05) is 37.7 Å². The molecule has 0 aliphatic carbocycles. The van der Waals surface area contributed by atoms with Crippen molar-refractivity contribution in [1.82, 2.24) is 19.9 Å². The fourth-order valence-electron chi connectivity index (χ4n) is 4.73. The van der Waals surface area contributed by atoms with Gasteiger partial charge in [-0.1, -0.05) is 41.6 Å². The second kappa shape index (κ2) is 8.11. The van der Waals surface area contributed by atoms with Crippen molar-refractivity contribution in [2.75, 3.05) is 32.8 Å². The van der Waals surface area contributed by atoms with Crippen LogP contribution < -0.4 is 4.74 Å². The van der Waals surface area contributed by atoms with Gasteiger partial charge in [-0.05, 0) is 31.2 Å². The molecule has 3 heterocycles. The van der Waals surface area contributed by atoms with Crippen LogP contribution >= 0.6 is 0 Å². The summed E-state index contributed by atoms with van der Waals surface area (Å²) in [7, 11) is 0. The number of hydrogen-bond donors (Lipinski definition) is 0. The predicted octanol–water partition coefficient (Wildman–Crippen LogP) is 2.31. The minimum absolute atomic E-state index is 0.00990. The molecule has 2 saturated heterocycles. The molecule has 0 bridgehead atoms. The molecule has 0 unspecified atom stereocenters. The largest absolute Gasteiger partial charge is 0.484 e. The highest BCUT2D eigenvalue weighted by atomic mass is 16.5. The summed E-state index contributed by atoms with van der Waals surface area (Å²) in [6.45, 7) is 3.61. The molecule has 0 N–H and O–H groups in total. The molecule has 2 fully saturated rings.